The van der Waals surface area contributed by atoms with E-state index in [1.165, 1.54) is 19.3 Å². The maximum atomic E-state index is 12.4. The first kappa shape index (κ1) is 12.7. The molecule has 1 aromatic carbocycles. The summed E-state index contributed by atoms with van der Waals surface area (Å²) in [6.45, 7) is 0. The predicted octanol–water partition coefficient (Wildman–Crippen LogP) is 4.47. The smallest absolute Gasteiger partial charge is 0.340 e. The molecule has 0 spiro atoms. The van der Waals surface area contributed by atoms with E-state index >= 15 is 0 Å². The third-order valence-electron chi connectivity index (χ3n) is 5.39. The number of halogens is 1. The molecule has 1 aromatic rings. The van der Waals surface area contributed by atoms with Gasteiger partial charge in [0.15, 0.2) is 0 Å². The molecule has 0 aliphatic heterocycles. The second-order valence-corrected chi connectivity index (χ2v) is 7.38. The lowest BCUT2D eigenvalue weighted by Gasteiger charge is -2.55. The molecule has 0 radical (unpaired) electrons. The van der Waals surface area contributed by atoms with Crippen molar-refractivity contribution in [2.75, 3.05) is 0 Å². The fourth-order valence-corrected chi connectivity index (χ4v) is 5.25. The summed E-state index contributed by atoms with van der Waals surface area (Å²) in [5.74, 6) is 2.10. The minimum absolute atomic E-state index is 0.189. The van der Waals surface area contributed by atoms with Crippen LogP contribution in [0.4, 0.5) is 0 Å². The fourth-order valence-electron chi connectivity index (χ4n) is 5.03. The Balaban J connectivity index is 1.57. The number of esters is 1. The summed E-state index contributed by atoms with van der Waals surface area (Å²) in [5.41, 5.74) is 0.315. The molecule has 0 saturated heterocycles. The molecule has 5 rings (SSSR count). The van der Waals surface area contributed by atoms with Crippen molar-refractivity contribution in [1.29, 1.82) is 0 Å². The average molecular weight is 291 g/mol. The van der Waals surface area contributed by atoms with Gasteiger partial charge in [-0.15, -0.1) is 0 Å². The highest BCUT2D eigenvalue weighted by atomic mass is 35.5. The van der Waals surface area contributed by atoms with Gasteiger partial charge in [0, 0.05) is 0 Å². The average Bonchev–Trinajstić information content (AvgIpc) is 2.36. The predicted molar refractivity (Wildman–Crippen MR) is 77.8 cm³/mol. The molecule has 0 unspecified atom stereocenters. The maximum absolute atomic E-state index is 12.4. The summed E-state index contributed by atoms with van der Waals surface area (Å²) in [7, 11) is 0. The van der Waals surface area contributed by atoms with E-state index in [2.05, 4.69) is 0 Å². The minimum atomic E-state index is -0.238. The second-order valence-electron chi connectivity index (χ2n) is 6.97. The van der Waals surface area contributed by atoms with Crippen LogP contribution in [-0.4, -0.2) is 11.6 Å². The van der Waals surface area contributed by atoms with Gasteiger partial charge in [-0.1, -0.05) is 23.7 Å². The second kappa shape index (κ2) is 4.49. The Hall–Kier alpha value is -1.02. The Morgan fingerprint density at radius 3 is 2.15 bits per heavy atom. The van der Waals surface area contributed by atoms with Crippen LogP contribution in [0.3, 0.4) is 0 Å². The standard InChI is InChI=1S/C17H19ClO2/c18-15-4-2-1-3-14(15)16(19)20-17-8-11-5-12(9-17)7-13(6-11)10-17/h1-4,11-13H,5-10H2. The molecule has 4 fully saturated rings. The topological polar surface area (TPSA) is 26.3 Å². The van der Waals surface area contributed by atoms with Crippen molar-refractivity contribution in [3.05, 3.63) is 34.9 Å². The fraction of sp³-hybridized carbons (Fsp3) is 0.588. The molecule has 4 bridgehead atoms. The van der Waals surface area contributed by atoms with Crippen molar-refractivity contribution in [3.8, 4) is 0 Å². The normalized spacial score (nSPS) is 38.0. The van der Waals surface area contributed by atoms with E-state index in [4.69, 9.17) is 16.3 Å². The highest BCUT2D eigenvalue weighted by Gasteiger charge is 2.53. The number of carbonyl (C=O) groups excluding carboxylic acids is 1. The lowest BCUT2D eigenvalue weighted by atomic mass is 9.54. The third kappa shape index (κ3) is 2.05. The van der Waals surface area contributed by atoms with Crippen molar-refractivity contribution in [2.24, 2.45) is 17.8 Å². The molecule has 4 aliphatic rings. The van der Waals surface area contributed by atoms with E-state index < -0.39 is 0 Å². The SMILES string of the molecule is O=C(OC12CC3CC(CC(C3)C1)C2)c1ccccc1Cl. The molecule has 2 nitrogen and oxygen atoms in total. The van der Waals surface area contributed by atoms with Crippen molar-refractivity contribution in [3.63, 3.8) is 0 Å². The zero-order valence-electron chi connectivity index (χ0n) is 11.5. The number of hydrogen-bond acceptors (Lipinski definition) is 2. The van der Waals surface area contributed by atoms with E-state index in [-0.39, 0.29) is 11.6 Å². The van der Waals surface area contributed by atoms with Gasteiger partial charge in [0.05, 0.1) is 10.6 Å². The molecule has 20 heavy (non-hydrogen) atoms. The van der Waals surface area contributed by atoms with Crippen LogP contribution in [0.5, 0.6) is 0 Å². The summed E-state index contributed by atoms with van der Waals surface area (Å²) in [6, 6.07) is 7.18. The van der Waals surface area contributed by atoms with Gasteiger partial charge in [-0.05, 0) is 68.4 Å². The first-order valence-electron chi connectivity index (χ1n) is 7.61. The summed E-state index contributed by atoms with van der Waals surface area (Å²) in [4.78, 5) is 12.4. The van der Waals surface area contributed by atoms with E-state index in [0.29, 0.717) is 10.6 Å². The van der Waals surface area contributed by atoms with Crippen LogP contribution in [0.25, 0.3) is 0 Å². The van der Waals surface area contributed by atoms with Gasteiger partial charge in [0.1, 0.15) is 5.60 Å². The summed E-state index contributed by atoms with van der Waals surface area (Å²) < 4.78 is 5.99. The molecular formula is C17H19ClO2. The van der Waals surface area contributed by atoms with E-state index in [9.17, 15) is 4.79 Å². The van der Waals surface area contributed by atoms with Gasteiger partial charge < -0.3 is 4.74 Å². The van der Waals surface area contributed by atoms with Crippen LogP contribution in [-0.2, 0) is 4.74 Å². The molecule has 0 atom stereocenters. The van der Waals surface area contributed by atoms with Gasteiger partial charge in [-0.25, -0.2) is 4.79 Å². The first-order chi connectivity index (χ1) is 9.63. The molecule has 106 valence electrons. The lowest BCUT2D eigenvalue weighted by molar-refractivity contribution is -0.131. The number of ether oxygens (including phenoxy) is 1. The minimum Gasteiger partial charge on any atom is -0.455 e. The molecule has 0 amide bonds. The van der Waals surface area contributed by atoms with Gasteiger partial charge >= 0.3 is 5.97 Å². The zero-order chi connectivity index (χ0) is 13.7. The highest BCUT2D eigenvalue weighted by molar-refractivity contribution is 6.33. The van der Waals surface area contributed by atoms with Crippen molar-refractivity contribution < 1.29 is 9.53 Å². The van der Waals surface area contributed by atoms with Crippen LogP contribution >= 0.6 is 11.6 Å². The van der Waals surface area contributed by atoms with Gasteiger partial charge in [0.25, 0.3) is 0 Å². The molecule has 3 heteroatoms. The maximum Gasteiger partial charge on any atom is 0.340 e. The monoisotopic (exact) mass is 290 g/mol. The Labute approximate surface area is 124 Å². The van der Waals surface area contributed by atoms with Gasteiger partial charge in [-0.2, -0.15) is 0 Å². The zero-order valence-corrected chi connectivity index (χ0v) is 12.2. The summed E-state index contributed by atoms with van der Waals surface area (Å²) in [6.07, 6.45) is 7.24. The molecule has 4 aliphatic carbocycles. The molecule has 4 saturated carbocycles. The number of carbonyl (C=O) groups is 1. The van der Waals surface area contributed by atoms with Crippen LogP contribution < -0.4 is 0 Å². The Bertz CT molecular complexity index is 516. The number of benzene rings is 1. The van der Waals surface area contributed by atoms with Crippen molar-refractivity contribution >= 4 is 17.6 Å². The van der Waals surface area contributed by atoms with Crippen LogP contribution in [0.15, 0.2) is 24.3 Å². The van der Waals surface area contributed by atoms with Gasteiger partial charge in [-0.3, -0.25) is 0 Å². The Morgan fingerprint density at radius 2 is 1.60 bits per heavy atom. The molecular weight excluding hydrogens is 272 g/mol. The summed E-state index contributed by atoms with van der Waals surface area (Å²) in [5, 5.41) is 0.488. The first-order valence-corrected chi connectivity index (χ1v) is 7.99. The van der Waals surface area contributed by atoms with Crippen molar-refractivity contribution in [1.82, 2.24) is 0 Å². The molecule has 0 N–H and O–H groups in total. The Morgan fingerprint density at radius 1 is 1.05 bits per heavy atom. The number of rotatable bonds is 2. The van der Waals surface area contributed by atoms with Gasteiger partial charge in [0.2, 0.25) is 0 Å². The highest BCUT2D eigenvalue weighted by Crippen LogP contribution is 2.57. The van der Waals surface area contributed by atoms with Crippen LogP contribution in [0.1, 0.15) is 48.9 Å². The molecule has 0 heterocycles. The van der Waals surface area contributed by atoms with E-state index in [1.807, 2.05) is 12.1 Å². The molecule has 0 aromatic heterocycles. The van der Waals surface area contributed by atoms with E-state index in [0.717, 1.165) is 37.0 Å². The largest absolute Gasteiger partial charge is 0.455 e. The quantitative estimate of drug-likeness (QED) is 0.751. The van der Waals surface area contributed by atoms with Crippen LogP contribution in [0.2, 0.25) is 5.02 Å². The number of hydrogen-bond donors (Lipinski definition) is 0. The van der Waals surface area contributed by atoms with Crippen molar-refractivity contribution in [2.45, 2.75) is 44.1 Å². The Kier molecular flexibility index (Phi) is 2.85. The van der Waals surface area contributed by atoms with Crippen LogP contribution in [0, 0.1) is 17.8 Å². The lowest BCUT2D eigenvalue weighted by Crippen LogP contribution is -2.52. The third-order valence-corrected chi connectivity index (χ3v) is 5.71. The summed E-state index contributed by atoms with van der Waals surface area (Å²) >= 11 is 6.10. The van der Waals surface area contributed by atoms with E-state index in [1.54, 1.807) is 12.1 Å².